The van der Waals surface area contributed by atoms with Gasteiger partial charge >= 0.3 is 7.12 Å². The lowest BCUT2D eigenvalue weighted by Crippen LogP contribution is -2.41. The average Bonchev–Trinajstić information content (AvgIpc) is 3.12. The molecule has 3 rings (SSSR count). The van der Waals surface area contributed by atoms with Gasteiger partial charge in [0.1, 0.15) is 13.1 Å². The maximum Gasteiger partial charge on any atom is 0.495 e. The molecule has 0 aliphatic carbocycles. The molecule has 8 heteroatoms. The molecular formula is C21H34BN3O3Si. The minimum Gasteiger partial charge on any atom is -0.399 e. The van der Waals surface area contributed by atoms with Crippen molar-refractivity contribution in [3.63, 3.8) is 0 Å². The van der Waals surface area contributed by atoms with Crippen molar-refractivity contribution in [2.75, 3.05) is 6.61 Å². The highest BCUT2D eigenvalue weighted by Gasteiger charge is 2.52. The Morgan fingerprint density at radius 1 is 1.10 bits per heavy atom. The van der Waals surface area contributed by atoms with E-state index in [2.05, 4.69) is 82.5 Å². The van der Waals surface area contributed by atoms with E-state index in [-0.39, 0.29) is 18.3 Å². The van der Waals surface area contributed by atoms with E-state index in [9.17, 15) is 0 Å². The number of rotatable bonds is 7. The number of nitrogens with zero attached hydrogens (tertiary/aromatic N) is 3. The van der Waals surface area contributed by atoms with Crippen LogP contribution in [0.5, 0.6) is 0 Å². The van der Waals surface area contributed by atoms with Crippen LogP contribution < -0.4 is 5.46 Å². The molecule has 1 aromatic carbocycles. The molecule has 0 radical (unpaired) electrons. The molecule has 0 N–H and O–H groups in total. The van der Waals surface area contributed by atoms with Gasteiger partial charge in [-0.05, 0) is 52.2 Å². The lowest BCUT2D eigenvalue weighted by Gasteiger charge is -2.32. The van der Waals surface area contributed by atoms with Crippen LogP contribution in [-0.2, 0) is 20.8 Å². The third-order valence-corrected chi connectivity index (χ3v) is 7.56. The van der Waals surface area contributed by atoms with Crippen LogP contribution in [0.15, 0.2) is 24.5 Å². The zero-order valence-corrected chi connectivity index (χ0v) is 20.1. The molecule has 1 saturated heterocycles. The van der Waals surface area contributed by atoms with E-state index in [4.69, 9.17) is 14.0 Å². The Morgan fingerprint density at radius 2 is 1.76 bits per heavy atom. The smallest absolute Gasteiger partial charge is 0.399 e. The normalized spacial score (nSPS) is 18.4. The summed E-state index contributed by atoms with van der Waals surface area (Å²) in [5.41, 5.74) is 2.46. The Bertz CT molecular complexity index is 845. The molecular weight excluding hydrogens is 381 g/mol. The Hall–Kier alpha value is -1.48. The van der Waals surface area contributed by atoms with Crippen molar-refractivity contribution >= 4 is 20.7 Å². The minimum atomic E-state index is -1.10. The first-order chi connectivity index (χ1) is 13.4. The van der Waals surface area contributed by atoms with Crippen molar-refractivity contribution in [2.45, 2.75) is 78.2 Å². The highest BCUT2D eigenvalue weighted by molar-refractivity contribution is 6.76. The summed E-state index contributed by atoms with van der Waals surface area (Å²) in [5, 5.41) is 4.34. The van der Waals surface area contributed by atoms with Crippen LogP contribution in [0.3, 0.4) is 0 Å². The fourth-order valence-corrected chi connectivity index (χ4v) is 3.92. The quantitative estimate of drug-likeness (QED) is 0.508. The molecule has 1 aliphatic heterocycles. The molecule has 2 heterocycles. The van der Waals surface area contributed by atoms with Gasteiger partial charge in [0.2, 0.25) is 0 Å². The fourth-order valence-electron chi connectivity index (χ4n) is 3.16. The van der Waals surface area contributed by atoms with Crippen molar-refractivity contribution in [1.29, 1.82) is 0 Å². The lowest BCUT2D eigenvalue weighted by molar-refractivity contribution is 0.00578. The van der Waals surface area contributed by atoms with Crippen LogP contribution in [-0.4, -0.2) is 47.8 Å². The van der Waals surface area contributed by atoms with Crippen molar-refractivity contribution in [3.8, 4) is 11.4 Å². The van der Waals surface area contributed by atoms with Gasteiger partial charge in [0.15, 0.2) is 5.82 Å². The first-order valence-corrected chi connectivity index (χ1v) is 14.0. The second-order valence-corrected chi connectivity index (χ2v) is 15.7. The van der Waals surface area contributed by atoms with Crippen LogP contribution >= 0.6 is 0 Å². The summed E-state index contributed by atoms with van der Waals surface area (Å²) < 4.78 is 20.1. The lowest BCUT2D eigenvalue weighted by atomic mass is 9.76. The van der Waals surface area contributed by atoms with E-state index < -0.39 is 8.07 Å². The molecule has 0 amide bonds. The third kappa shape index (κ3) is 4.99. The largest absolute Gasteiger partial charge is 0.495 e. The van der Waals surface area contributed by atoms with E-state index in [0.29, 0.717) is 6.73 Å². The van der Waals surface area contributed by atoms with Crippen molar-refractivity contribution in [3.05, 3.63) is 30.1 Å². The second-order valence-electron chi connectivity index (χ2n) is 10.1. The monoisotopic (exact) mass is 415 g/mol. The minimum absolute atomic E-state index is 0.351. The Labute approximate surface area is 176 Å². The Kier molecular flexibility index (Phi) is 6.11. The van der Waals surface area contributed by atoms with Gasteiger partial charge in [-0.15, -0.1) is 0 Å². The zero-order chi connectivity index (χ0) is 21.4. The summed E-state index contributed by atoms with van der Waals surface area (Å²) in [7, 11) is -1.46. The summed E-state index contributed by atoms with van der Waals surface area (Å²) in [6.45, 7) is 18.6. The van der Waals surface area contributed by atoms with Crippen LogP contribution in [0.2, 0.25) is 25.7 Å². The topological polar surface area (TPSA) is 58.4 Å². The molecule has 0 saturated carbocycles. The number of hydrogen-bond acceptors (Lipinski definition) is 5. The number of ether oxygens (including phenoxy) is 1. The first-order valence-electron chi connectivity index (χ1n) is 10.3. The number of aryl methyl sites for hydroxylation is 1. The predicted molar refractivity (Wildman–Crippen MR) is 120 cm³/mol. The molecule has 0 unspecified atom stereocenters. The molecule has 158 valence electrons. The van der Waals surface area contributed by atoms with Gasteiger partial charge in [0, 0.05) is 20.2 Å². The van der Waals surface area contributed by atoms with Crippen LogP contribution in [0.1, 0.15) is 33.3 Å². The average molecular weight is 415 g/mol. The van der Waals surface area contributed by atoms with Gasteiger partial charge in [-0.1, -0.05) is 37.3 Å². The van der Waals surface area contributed by atoms with Gasteiger partial charge in [-0.2, -0.15) is 5.10 Å². The summed E-state index contributed by atoms with van der Waals surface area (Å²) in [6.07, 6.45) is 1.58. The van der Waals surface area contributed by atoms with Crippen LogP contribution in [0, 0.1) is 6.92 Å². The second kappa shape index (κ2) is 7.98. The van der Waals surface area contributed by atoms with Gasteiger partial charge in [-0.25, -0.2) is 9.67 Å². The SMILES string of the molecule is Cc1cc(-c2ncnn2COCC[Si](C)(C)C)ccc1B1OC(C)(C)C(C)(C)O1. The van der Waals surface area contributed by atoms with Gasteiger partial charge < -0.3 is 14.0 Å². The van der Waals surface area contributed by atoms with Crippen LogP contribution in [0.4, 0.5) is 0 Å². The van der Waals surface area contributed by atoms with E-state index in [1.165, 1.54) is 0 Å². The molecule has 6 nitrogen and oxygen atoms in total. The molecule has 2 aromatic rings. The van der Waals surface area contributed by atoms with E-state index in [1.54, 1.807) is 6.33 Å². The van der Waals surface area contributed by atoms with Crippen molar-refractivity contribution < 1.29 is 14.0 Å². The molecule has 1 fully saturated rings. The van der Waals surface area contributed by atoms with Crippen molar-refractivity contribution in [1.82, 2.24) is 14.8 Å². The number of aromatic nitrogens is 3. The maximum atomic E-state index is 6.21. The number of hydrogen-bond donors (Lipinski definition) is 0. The van der Waals surface area contributed by atoms with Crippen molar-refractivity contribution in [2.24, 2.45) is 0 Å². The zero-order valence-electron chi connectivity index (χ0n) is 19.1. The van der Waals surface area contributed by atoms with Gasteiger partial charge in [-0.3, -0.25) is 0 Å². The molecule has 0 spiro atoms. The van der Waals surface area contributed by atoms with E-state index in [0.717, 1.165) is 35.1 Å². The maximum absolute atomic E-state index is 6.21. The summed E-state index contributed by atoms with van der Waals surface area (Å²) in [5.74, 6) is 0.807. The molecule has 0 bridgehead atoms. The van der Waals surface area contributed by atoms with E-state index >= 15 is 0 Å². The highest BCUT2D eigenvalue weighted by atomic mass is 28.3. The summed E-state index contributed by atoms with van der Waals surface area (Å²) >= 11 is 0. The first kappa shape index (κ1) is 22.2. The standard InChI is InChI=1S/C21H34BN3O3Si/c1-16-13-17(9-10-18(16)22-27-20(2,3)21(4,5)28-22)19-23-14-24-25(19)15-26-11-12-29(6,7)8/h9-10,13-14H,11-12,15H2,1-8H3. The molecule has 1 aliphatic rings. The van der Waals surface area contributed by atoms with Crippen LogP contribution in [0.25, 0.3) is 11.4 Å². The molecule has 0 atom stereocenters. The Balaban J connectivity index is 1.73. The van der Waals surface area contributed by atoms with Gasteiger partial charge in [0.25, 0.3) is 0 Å². The number of benzene rings is 1. The fraction of sp³-hybridized carbons (Fsp3) is 0.619. The Morgan fingerprint density at radius 3 is 2.34 bits per heavy atom. The summed E-state index contributed by atoms with van der Waals surface area (Å²) in [4.78, 5) is 4.45. The molecule has 29 heavy (non-hydrogen) atoms. The summed E-state index contributed by atoms with van der Waals surface area (Å²) in [6, 6.07) is 7.37. The molecule has 1 aromatic heterocycles. The highest BCUT2D eigenvalue weighted by Crippen LogP contribution is 2.36. The van der Waals surface area contributed by atoms with E-state index in [1.807, 2.05) is 4.68 Å². The third-order valence-electron chi connectivity index (χ3n) is 5.86. The van der Waals surface area contributed by atoms with Gasteiger partial charge in [0.05, 0.1) is 11.2 Å². The predicted octanol–water partition coefficient (Wildman–Crippen LogP) is 3.87.